The van der Waals surface area contributed by atoms with Crippen LogP contribution in [0.1, 0.15) is 31.3 Å². The normalized spacial score (nSPS) is 22.4. The van der Waals surface area contributed by atoms with Gasteiger partial charge in [0.2, 0.25) is 5.95 Å². The third-order valence-electron chi connectivity index (χ3n) is 6.10. The highest BCUT2D eigenvalue weighted by Crippen LogP contribution is 2.32. The minimum Gasteiger partial charge on any atom is -0.378 e. The minimum atomic E-state index is -0.0334. The van der Waals surface area contributed by atoms with Crippen molar-refractivity contribution in [3.63, 3.8) is 0 Å². The Morgan fingerprint density at radius 2 is 1.97 bits per heavy atom. The molecule has 2 fully saturated rings. The van der Waals surface area contributed by atoms with E-state index in [4.69, 9.17) is 14.7 Å². The van der Waals surface area contributed by atoms with E-state index < -0.39 is 0 Å². The van der Waals surface area contributed by atoms with Gasteiger partial charge in [-0.05, 0) is 32.4 Å². The Morgan fingerprint density at radius 1 is 1.13 bits per heavy atom. The fraction of sp³-hybridized carbons (Fsp3) is 0.636. The number of aryl methyl sites for hydroxylation is 1. The minimum absolute atomic E-state index is 0.0334. The summed E-state index contributed by atoms with van der Waals surface area (Å²) >= 11 is 0. The fourth-order valence-electron chi connectivity index (χ4n) is 4.39. The van der Waals surface area contributed by atoms with Crippen molar-refractivity contribution in [1.29, 1.82) is 0 Å². The fourth-order valence-corrected chi connectivity index (χ4v) is 4.39. The Morgan fingerprint density at radius 3 is 2.77 bits per heavy atom. The van der Waals surface area contributed by atoms with Crippen LogP contribution >= 0.6 is 0 Å². The Labute approximate surface area is 184 Å². The highest BCUT2D eigenvalue weighted by molar-refractivity contribution is 5.41. The maximum absolute atomic E-state index is 5.42. The van der Waals surface area contributed by atoms with E-state index in [-0.39, 0.29) is 5.41 Å². The van der Waals surface area contributed by atoms with E-state index in [9.17, 15) is 0 Å². The lowest BCUT2D eigenvalue weighted by Gasteiger charge is -2.39. The van der Waals surface area contributed by atoms with E-state index in [2.05, 4.69) is 37.3 Å². The molecular formula is C22H34N8O. The lowest BCUT2D eigenvalue weighted by Crippen LogP contribution is -2.46. The number of morpholine rings is 1. The first-order valence-corrected chi connectivity index (χ1v) is 11.2. The van der Waals surface area contributed by atoms with E-state index >= 15 is 0 Å². The molecule has 4 rings (SSSR count). The van der Waals surface area contributed by atoms with Gasteiger partial charge in [0.05, 0.1) is 13.2 Å². The van der Waals surface area contributed by atoms with E-state index in [0.29, 0.717) is 0 Å². The van der Waals surface area contributed by atoms with Crippen LogP contribution in [-0.4, -0.2) is 84.4 Å². The number of aromatic nitrogens is 4. The van der Waals surface area contributed by atoms with E-state index in [1.54, 1.807) is 0 Å². The van der Waals surface area contributed by atoms with Gasteiger partial charge >= 0.3 is 0 Å². The average Bonchev–Trinajstić information content (AvgIpc) is 2.79. The summed E-state index contributed by atoms with van der Waals surface area (Å²) in [4.78, 5) is 23.3. The maximum atomic E-state index is 5.42. The second-order valence-corrected chi connectivity index (χ2v) is 8.68. The zero-order chi connectivity index (χ0) is 21.7. The lowest BCUT2D eigenvalue weighted by atomic mass is 9.81. The molecule has 0 radical (unpaired) electrons. The second kappa shape index (κ2) is 9.74. The standard InChI is InChI=1S/C22H34N8O/c1-17-15-19(23-3)27-20(26-17)22(2)6-4-9-29(16-22)10-8-24-18-5-7-25-21(28-18)30-11-13-31-14-12-30/h5,7,15H,4,6,8-14,16H2,1-3H3,(H,23,26,27)(H,24,25,28). The average molecular weight is 427 g/mol. The topological polar surface area (TPSA) is 91.3 Å². The number of nitrogens with zero attached hydrogens (tertiary/aromatic N) is 6. The molecule has 0 bridgehead atoms. The summed E-state index contributed by atoms with van der Waals surface area (Å²) in [7, 11) is 1.91. The first-order chi connectivity index (χ1) is 15.1. The van der Waals surface area contributed by atoms with E-state index in [1.807, 2.05) is 32.3 Å². The first-order valence-electron chi connectivity index (χ1n) is 11.2. The van der Waals surface area contributed by atoms with Crippen LogP contribution in [0.25, 0.3) is 0 Å². The van der Waals surface area contributed by atoms with Crippen molar-refractivity contribution >= 4 is 17.6 Å². The molecule has 9 nitrogen and oxygen atoms in total. The van der Waals surface area contributed by atoms with Gasteiger partial charge in [0.1, 0.15) is 17.5 Å². The highest BCUT2D eigenvalue weighted by atomic mass is 16.5. The molecule has 9 heteroatoms. The molecule has 0 saturated carbocycles. The molecule has 168 valence electrons. The van der Waals surface area contributed by atoms with Gasteiger partial charge < -0.3 is 25.2 Å². The predicted molar refractivity (Wildman–Crippen MR) is 123 cm³/mol. The van der Waals surface area contributed by atoms with Gasteiger partial charge in [0.15, 0.2) is 0 Å². The maximum Gasteiger partial charge on any atom is 0.227 e. The van der Waals surface area contributed by atoms with Crippen LogP contribution in [0.2, 0.25) is 0 Å². The first kappa shape index (κ1) is 21.7. The molecule has 2 aliphatic heterocycles. The molecule has 0 aliphatic carbocycles. The Kier molecular flexibility index (Phi) is 6.82. The molecule has 2 aliphatic rings. The van der Waals surface area contributed by atoms with Crippen molar-refractivity contribution < 1.29 is 4.74 Å². The molecule has 0 amide bonds. The molecule has 31 heavy (non-hydrogen) atoms. The van der Waals surface area contributed by atoms with Crippen LogP contribution in [0.3, 0.4) is 0 Å². The molecule has 1 atom stereocenters. The number of hydrogen-bond acceptors (Lipinski definition) is 9. The summed E-state index contributed by atoms with van der Waals surface area (Å²) in [5, 5.41) is 6.63. The largest absolute Gasteiger partial charge is 0.378 e. The van der Waals surface area contributed by atoms with Gasteiger partial charge in [-0.15, -0.1) is 0 Å². The van der Waals surface area contributed by atoms with Crippen LogP contribution in [0, 0.1) is 6.92 Å². The van der Waals surface area contributed by atoms with Crippen molar-refractivity contribution in [3.8, 4) is 0 Å². The molecule has 2 aromatic rings. The van der Waals surface area contributed by atoms with Gasteiger partial charge in [-0.1, -0.05) is 6.92 Å². The summed E-state index contributed by atoms with van der Waals surface area (Å²) in [6.07, 6.45) is 4.09. The van der Waals surface area contributed by atoms with Crippen LogP contribution in [-0.2, 0) is 10.2 Å². The molecular weight excluding hydrogens is 392 g/mol. The third kappa shape index (κ3) is 5.40. The van der Waals surface area contributed by atoms with E-state index in [1.165, 1.54) is 0 Å². The lowest BCUT2D eigenvalue weighted by molar-refractivity contribution is 0.122. The van der Waals surface area contributed by atoms with E-state index in [0.717, 1.165) is 94.4 Å². The van der Waals surface area contributed by atoms with Gasteiger partial charge in [-0.3, -0.25) is 0 Å². The van der Waals surface area contributed by atoms with Crippen molar-refractivity contribution in [2.75, 3.05) is 75.1 Å². The molecule has 0 spiro atoms. The molecule has 4 heterocycles. The highest BCUT2D eigenvalue weighted by Gasteiger charge is 2.35. The SMILES string of the molecule is CNc1cc(C)nc(C2(C)CCCN(CCNc3ccnc(N4CCOCC4)n3)C2)n1. The van der Waals surface area contributed by atoms with Gasteiger partial charge in [0, 0.05) is 63.1 Å². The van der Waals surface area contributed by atoms with Gasteiger partial charge in [-0.25, -0.2) is 15.0 Å². The number of anilines is 3. The molecule has 2 saturated heterocycles. The smallest absolute Gasteiger partial charge is 0.227 e. The molecule has 0 aromatic carbocycles. The Balaban J connectivity index is 1.34. The third-order valence-corrected chi connectivity index (χ3v) is 6.10. The van der Waals surface area contributed by atoms with Crippen LogP contribution in [0.5, 0.6) is 0 Å². The van der Waals surface area contributed by atoms with Crippen molar-refractivity contribution in [1.82, 2.24) is 24.8 Å². The predicted octanol–water partition coefficient (Wildman–Crippen LogP) is 1.92. The molecule has 1 unspecified atom stereocenters. The van der Waals surface area contributed by atoms with Gasteiger partial charge in [-0.2, -0.15) is 4.98 Å². The number of hydrogen-bond donors (Lipinski definition) is 2. The number of rotatable bonds is 7. The number of nitrogens with one attached hydrogen (secondary N) is 2. The zero-order valence-corrected chi connectivity index (χ0v) is 18.9. The number of piperidine rings is 1. The summed E-state index contributed by atoms with van der Waals surface area (Å²) in [6, 6.07) is 3.92. The summed E-state index contributed by atoms with van der Waals surface area (Å²) in [5.41, 5.74) is 0.975. The Bertz CT molecular complexity index is 872. The zero-order valence-electron chi connectivity index (χ0n) is 18.9. The quantitative estimate of drug-likeness (QED) is 0.689. The number of likely N-dealkylation sites (tertiary alicyclic amines) is 1. The molecule has 2 aromatic heterocycles. The van der Waals surface area contributed by atoms with Crippen LogP contribution in [0.4, 0.5) is 17.6 Å². The monoisotopic (exact) mass is 426 g/mol. The summed E-state index contributed by atoms with van der Waals surface area (Å²) in [5.74, 6) is 3.48. The Hall–Kier alpha value is -2.52. The van der Waals surface area contributed by atoms with Gasteiger partial charge in [0.25, 0.3) is 0 Å². The van der Waals surface area contributed by atoms with Crippen molar-refractivity contribution in [2.24, 2.45) is 0 Å². The van der Waals surface area contributed by atoms with Crippen molar-refractivity contribution in [3.05, 3.63) is 29.8 Å². The van der Waals surface area contributed by atoms with Crippen LogP contribution in [0.15, 0.2) is 18.3 Å². The summed E-state index contributed by atoms with van der Waals surface area (Å²) < 4.78 is 5.42. The number of ether oxygens (including phenoxy) is 1. The molecule has 2 N–H and O–H groups in total. The second-order valence-electron chi connectivity index (χ2n) is 8.68. The summed E-state index contributed by atoms with van der Waals surface area (Å²) in [6.45, 7) is 11.3. The van der Waals surface area contributed by atoms with Crippen LogP contribution < -0.4 is 15.5 Å². The van der Waals surface area contributed by atoms with Crippen molar-refractivity contribution in [2.45, 2.75) is 32.1 Å².